The molecule has 0 aliphatic carbocycles. The molecule has 0 spiro atoms. The number of rotatable bonds is 5. The molecule has 1 aromatic rings. The number of nitrogens with one attached hydrogen (secondary N) is 1. The van der Waals surface area contributed by atoms with Gasteiger partial charge in [0, 0.05) is 38.2 Å². The molecule has 118 valence electrons. The van der Waals surface area contributed by atoms with Crippen LogP contribution in [0.25, 0.3) is 0 Å². The van der Waals surface area contributed by atoms with Gasteiger partial charge in [0.1, 0.15) is 5.76 Å². The average molecular weight is 295 g/mol. The van der Waals surface area contributed by atoms with Crippen molar-refractivity contribution >= 4 is 5.91 Å². The van der Waals surface area contributed by atoms with Gasteiger partial charge in [-0.05, 0) is 13.8 Å². The minimum Gasteiger partial charge on any atom is -0.378 e. The summed E-state index contributed by atoms with van der Waals surface area (Å²) >= 11 is 0. The van der Waals surface area contributed by atoms with Crippen molar-refractivity contribution in [3.05, 3.63) is 17.5 Å². The Morgan fingerprint density at radius 1 is 1.43 bits per heavy atom. The van der Waals surface area contributed by atoms with Gasteiger partial charge in [-0.2, -0.15) is 0 Å². The first kappa shape index (κ1) is 16.0. The first-order valence-electron chi connectivity index (χ1n) is 7.46. The first-order chi connectivity index (χ1) is 9.92. The van der Waals surface area contributed by atoms with Gasteiger partial charge in [-0.1, -0.05) is 19.0 Å². The fourth-order valence-corrected chi connectivity index (χ4v) is 2.51. The van der Waals surface area contributed by atoms with Crippen molar-refractivity contribution in [3.8, 4) is 0 Å². The Balaban J connectivity index is 2.00. The normalized spacial score (nSPS) is 23.2. The van der Waals surface area contributed by atoms with Crippen LogP contribution in [0.15, 0.2) is 10.6 Å². The van der Waals surface area contributed by atoms with Crippen molar-refractivity contribution in [2.45, 2.75) is 51.8 Å². The summed E-state index contributed by atoms with van der Waals surface area (Å²) in [7, 11) is 1.68. The van der Waals surface area contributed by atoms with E-state index in [9.17, 15) is 4.79 Å². The number of hydrogen-bond donors (Lipinski definition) is 1. The maximum Gasteiger partial charge on any atom is 0.273 e. The summed E-state index contributed by atoms with van der Waals surface area (Å²) in [6.45, 7) is 9.90. The van der Waals surface area contributed by atoms with Gasteiger partial charge < -0.3 is 14.6 Å². The molecule has 6 heteroatoms. The molecule has 2 atom stereocenters. The second-order valence-electron chi connectivity index (χ2n) is 6.17. The molecule has 1 saturated heterocycles. The molecule has 1 aromatic heterocycles. The summed E-state index contributed by atoms with van der Waals surface area (Å²) in [5.41, 5.74) is 0.330. The van der Waals surface area contributed by atoms with Crippen molar-refractivity contribution in [2.75, 3.05) is 20.2 Å². The lowest BCUT2D eigenvalue weighted by molar-refractivity contribution is 0.0748. The van der Waals surface area contributed by atoms with E-state index in [0.29, 0.717) is 11.7 Å². The van der Waals surface area contributed by atoms with Crippen LogP contribution >= 0.6 is 0 Å². The van der Waals surface area contributed by atoms with Crippen molar-refractivity contribution < 1.29 is 14.1 Å². The molecular weight excluding hydrogens is 270 g/mol. The molecule has 0 unspecified atom stereocenters. The first-order valence-corrected chi connectivity index (χ1v) is 7.46. The topological polar surface area (TPSA) is 67.6 Å². The van der Waals surface area contributed by atoms with Crippen LogP contribution in [0.3, 0.4) is 0 Å². The number of carbonyl (C=O) groups is 1. The number of likely N-dealkylation sites (tertiary alicyclic amines) is 1. The van der Waals surface area contributed by atoms with Crippen LogP contribution in [0.2, 0.25) is 0 Å². The molecule has 0 radical (unpaired) electrons. The number of methoxy groups -OCH3 is 1. The van der Waals surface area contributed by atoms with Crippen LogP contribution in [0.4, 0.5) is 0 Å². The molecule has 0 aromatic carbocycles. The van der Waals surface area contributed by atoms with Crippen LogP contribution in [0.1, 0.15) is 49.9 Å². The summed E-state index contributed by atoms with van der Waals surface area (Å²) < 4.78 is 10.7. The largest absolute Gasteiger partial charge is 0.378 e. The molecule has 0 bridgehead atoms. The van der Waals surface area contributed by atoms with Crippen LogP contribution in [-0.2, 0) is 4.74 Å². The fourth-order valence-electron chi connectivity index (χ4n) is 2.51. The second-order valence-corrected chi connectivity index (χ2v) is 6.17. The van der Waals surface area contributed by atoms with Crippen molar-refractivity contribution in [1.29, 1.82) is 0 Å². The monoisotopic (exact) mass is 295 g/mol. The van der Waals surface area contributed by atoms with Gasteiger partial charge in [-0.3, -0.25) is 9.69 Å². The van der Waals surface area contributed by atoms with E-state index in [-0.39, 0.29) is 24.0 Å². The van der Waals surface area contributed by atoms with Crippen LogP contribution < -0.4 is 5.32 Å². The third-order valence-electron chi connectivity index (χ3n) is 3.97. The highest BCUT2D eigenvalue weighted by atomic mass is 16.5. The summed E-state index contributed by atoms with van der Waals surface area (Å²) in [5, 5.41) is 6.85. The number of amides is 1. The van der Waals surface area contributed by atoms with E-state index in [1.165, 1.54) is 0 Å². The minimum absolute atomic E-state index is 0.00724. The standard InChI is InChI=1S/C15H25N3O3/c1-9(2)13-6-11(17-21-13)15(19)16-12-7-18(10(3)4)8-14(12)20-5/h6,9-10,12,14H,7-8H2,1-5H3,(H,16,19)/t12-,14-/m1/s1. The smallest absolute Gasteiger partial charge is 0.273 e. The average Bonchev–Trinajstić information content (AvgIpc) is 3.05. The highest BCUT2D eigenvalue weighted by molar-refractivity contribution is 5.92. The molecule has 21 heavy (non-hydrogen) atoms. The second kappa shape index (κ2) is 6.58. The number of nitrogens with zero attached hydrogens (tertiary/aromatic N) is 2. The lowest BCUT2D eigenvalue weighted by atomic mass is 10.1. The zero-order valence-corrected chi connectivity index (χ0v) is 13.4. The fraction of sp³-hybridized carbons (Fsp3) is 0.733. The molecule has 1 amide bonds. The van der Waals surface area contributed by atoms with Gasteiger partial charge in [0.25, 0.3) is 5.91 Å². The van der Waals surface area contributed by atoms with Crippen molar-refractivity contribution in [1.82, 2.24) is 15.4 Å². The summed E-state index contributed by atoms with van der Waals surface area (Å²) in [4.78, 5) is 14.6. The number of carbonyl (C=O) groups excluding carboxylic acids is 1. The van der Waals surface area contributed by atoms with Crippen molar-refractivity contribution in [2.24, 2.45) is 0 Å². The van der Waals surface area contributed by atoms with Gasteiger partial charge in [-0.25, -0.2) is 0 Å². The van der Waals surface area contributed by atoms with Crippen LogP contribution in [0, 0.1) is 0 Å². The van der Waals surface area contributed by atoms with Gasteiger partial charge in [0.2, 0.25) is 0 Å². The van der Waals surface area contributed by atoms with Gasteiger partial charge in [0.15, 0.2) is 5.69 Å². The summed E-state index contributed by atoms with van der Waals surface area (Å²) in [5.74, 6) is 0.732. The molecule has 2 heterocycles. The molecule has 6 nitrogen and oxygen atoms in total. The SMILES string of the molecule is CO[C@@H]1CN(C(C)C)C[C@H]1NC(=O)c1cc(C(C)C)on1. The number of ether oxygens (including phenoxy) is 1. The molecular formula is C15H25N3O3. The molecule has 1 N–H and O–H groups in total. The lowest BCUT2D eigenvalue weighted by Gasteiger charge is -2.19. The Kier molecular flexibility index (Phi) is 5.00. The van der Waals surface area contributed by atoms with E-state index >= 15 is 0 Å². The maximum absolute atomic E-state index is 12.3. The Morgan fingerprint density at radius 2 is 2.14 bits per heavy atom. The third kappa shape index (κ3) is 3.63. The zero-order chi connectivity index (χ0) is 15.6. The van der Waals surface area contributed by atoms with E-state index in [2.05, 4.69) is 29.2 Å². The number of hydrogen-bond acceptors (Lipinski definition) is 5. The van der Waals surface area contributed by atoms with Crippen LogP contribution in [0.5, 0.6) is 0 Å². The minimum atomic E-state index is -0.205. The summed E-state index contributed by atoms with van der Waals surface area (Å²) in [6, 6.07) is 2.12. The lowest BCUT2D eigenvalue weighted by Crippen LogP contribution is -2.43. The molecule has 2 rings (SSSR count). The summed E-state index contributed by atoms with van der Waals surface area (Å²) in [6.07, 6.45) is 0.00724. The Hall–Kier alpha value is -1.40. The van der Waals surface area contributed by atoms with Gasteiger partial charge >= 0.3 is 0 Å². The Morgan fingerprint density at radius 3 is 2.67 bits per heavy atom. The predicted octanol–water partition coefficient (Wildman–Crippen LogP) is 1.64. The quantitative estimate of drug-likeness (QED) is 0.894. The molecule has 1 fully saturated rings. The molecule has 0 saturated carbocycles. The van der Waals surface area contributed by atoms with Gasteiger partial charge in [0.05, 0.1) is 12.1 Å². The predicted molar refractivity (Wildman–Crippen MR) is 79.4 cm³/mol. The highest BCUT2D eigenvalue weighted by Crippen LogP contribution is 2.18. The third-order valence-corrected chi connectivity index (χ3v) is 3.97. The maximum atomic E-state index is 12.3. The van der Waals surface area contributed by atoms with Crippen LogP contribution in [-0.4, -0.2) is 54.4 Å². The number of aromatic nitrogens is 1. The zero-order valence-electron chi connectivity index (χ0n) is 13.4. The van der Waals surface area contributed by atoms with E-state index < -0.39 is 0 Å². The Labute approximate surface area is 125 Å². The molecule has 1 aliphatic heterocycles. The Bertz CT molecular complexity index is 484. The highest BCUT2D eigenvalue weighted by Gasteiger charge is 2.35. The van der Waals surface area contributed by atoms with Crippen molar-refractivity contribution in [3.63, 3.8) is 0 Å². The van der Waals surface area contributed by atoms with Gasteiger partial charge in [-0.15, -0.1) is 0 Å². The van der Waals surface area contributed by atoms with E-state index in [1.54, 1.807) is 13.2 Å². The molecule has 1 aliphatic rings. The van der Waals surface area contributed by atoms with E-state index in [4.69, 9.17) is 9.26 Å². The van der Waals surface area contributed by atoms with E-state index in [1.807, 2.05) is 13.8 Å². The van der Waals surface area contributed by atoms with E-state index in [0.717, 1.165) is 18.8 Å².